The summed E-state index contributed by atoms with van der Waals surface area (Å²) in [5.74, 6) is -3.80. The van der Waals surface area contributed by atoms with E-state index in [1.165, 1.54) is 18.2 Å². The average Bonchev–Trinajstić information content (AvgIpc) is 2.92. The Kier molecular flexibility index (Phi) is 2.64. The van der Waals surface area contributed by atoms with Crippen LogP contribution in [0.5, 0.6) is 0 Å². The maximum absolute atomic E-state index is 12.6. The third kappa shape index (κ3) is 1.72. The van der Waals surface area contributed by atoms with Crippen LogP contribution in [0.1, 0.15) is 35.8 Å². The Bertz CT molecular complexity index is 611. The molecule has 7 heteroatoms. The van der Waals surface area contributed by atoms with Gasteiger partial charge in [-0.05, 0) is 35.8 Å². The number of benzene rings is 1. The van der Waals surface area contributed by atoms with Gasteiger partial charge in [0.25, 0.3) is 5.69 Å². The molecule has 0 spiro atoms. The van der Waals surface area contributed by atoms with Crippen molar-refractivity contribution in [1.82, 2.24) is 0 Å². The van der Waals surface area contributed by atoms with Crippen LogP contribution in [0.15, 0.2) is 18.2 Å². The van der Waals surface area contributed by atoms with E-state index in [0.717, 1.165) is 0 Å². The van der Waals surface area contributed by atoms with Gasteiger partial charge < -0.3 is 0 Å². The van der Waals surface area contributed by atoms with Crippen LogP contribution in [-0.4, -0.2) is 16.9 Å². The summed E-state index contributed by atoms with van der Waals surface area (Å²) in [5.41, 5.74) is 1.06. The number of hydrogen-bond donors (Lipinski definition) is 0. The minimum absolute atomic E-state index is 0.144. The first kappa shape index (κ1) is 13.1. The van der Waals surface area contributed by atoms with Crippen LogP contribution < -0.4 is 0 Å². The van der Waals surface area contributed by atoms with Crippen LogP contribution in [0.3, 0.4) is 0 Å². The molecule has 1 fully saturated rings. The molecule has 0 radical (unpaired) electrons. The summed E-state index contributed by atoms with van der Waals surface area (Å²) in [4.78, 5) is 21.7. The molecule has 1 aromatic rings. The SMILES string of the molecule is O=C([C@@H]1[C@@H]2CC[C@H]1c1cc([N+](=O)[O-])ccc12)C(F)(F)F. The number of hydrogen-bond acceptors (Lipinski definition) is 3. The first-order valence-electron chi connectivity index (χ1n) is 6.20. The Morgan fingerprint density at radius 1 is 1.20 bits per heavy atom. The number of non-ortho nitro benzene ring substituents is 1. The monoisotopic (exact) mass is 285 g/mol. The number of fused-ring (bicyclic) bond motifs is 5. The van der Waals surface area contributed by atoms with E-state index in [4.69, 9.17) is 0 Å². The lowest BCUT2D eigenvalue weighted by atomic mass is 9.90. The van der Waals surface area contributed by atoms with E-state index in [1.54, 1.807) is 0 Å². The molecule has 0 aromatic heterocycles. The summed E-state index contributed by atoms with van der Waals surface area (Å²) in [6, 6.07) is 4.10. The van der Waals surface area contributed by atoms with Gasteiger partial charge >= 0.3 is 6.18 Å². The van der Waals surface area contributed by atoms with Gasteiger partial charge in [-0.15, -0.1) is 0 Å². The van der Waals surface area contributed by atoms with E-state index in [1.807, 2.05) is 0 Å². The normalized spacial score (nSPS) is 27.4. The zero-order chi connectivity index (χ0) is 14.7. The molecule has 106 valence electrons. The topological polar surface area (TPSA) is 60.2 Å². The smallest absolute Gasteiger partial charge is 0.289 e. The lowest BCUT2D eigenvalue weighted by Gasteiger charge is -2.16. The predicted molar refractivity (Wildman–Crippen MR) is 62.4 cm³/mol. The fourth-order valence-corrected chi connectivity index (χ4v) is 3.59. The van der Waals surface area contributed by atoms with Crippen LogP contribution in [0, 0.1) is 16.0 Å². The molecule has 2 aliphatic carbocycles. The van der Waals surface area contributed by atoms with Crippen molar-refractivity contribution in [3.8, 4) is 0 Å². The standard InChI is InChI=1S/C13H10F3NO3/c14-13(15,16)12(18)11-8-3-4-9(11)10-5-6(17(19)20)1-2-7(8)10/h1-2,5,8-9,11H,3-4H2/t8-,9+,11-/m1/s1. The first-order valence-corrected chi connectivity index (χ1v) is 6.20. The quantitative estimate of drug-likeness (QED) is 0.618. The van der Waals surface area contributed by atoms with E-state index in [-0.39, 0.29) is 5.69 Å². The number of nitrogens with zero attached hydrogens (tertiary/aromatic N) is 1. The molecule has 3 atom stereocenters. The van der Waals surface area contributed by atoms with Gasteiger partial charge in [-0.25, -0.2) is 0 Å². The van der Waals surface area contributed by atoms with Gasteiger partial charge in [0.1, 0.15) is 0 Å². The molecule has 1 aromatic carbocycles. The van der Waals surface area contributed by atoms with E-state index in [0.29, 0.717) is 24.0 Å². The van der Waals surface area contributed by atoms with Crippen LogP contribution in [0.25, 0.3) is 0 Å². The second-order valence-corrected chi connectivity index (χ2v) is 5.25. The van der Waals surface area contributed by atoms with E-state index in [9.17, 15) is 28.1 Å². The summed E-state index contributed by atoms with van der Waals surface area (Å²) in [6.07, 6.45) is -3.84. The maximum Gasteiger partial charge on any atom is 0.450 e. The van der Waals surface area contributed by atoms with Crippen LogP contribution in [0.4, 0.5) is 18.9 Å². The lowest BCUT2D eigenvalue weighted by Crippen LogP contribution is -2.32. The molecule has 1 saturated carbocycles. The summed E-state index contributed by atoms with van der Waals surface area (Å²) < 4.78 is 37.9. The number of alkyl halides is 3. The summed E-state index contributed by atoms with van der Waals surface area (Å²) in [7, 11) is 0. The third-order valence-electron chi connectivity index (χ3n) is 4.32. The number of rotatable bonds is 2. The molecular formula is C13H10F3NO3. The van der Waals surface area contributed by atoms with Crippen molar-refractivity contribution in [3.63, 3.8) is 0 Å². The number of ketones is 1. The fraction of sp³-hybridized carbons (Fsp3) is 0.462. The minimum Gasteiger partial charge on any atom is -0.289 e. The highest BCUT2D eigenvalue weighted by atomic mass is 19.4. The molecule has 0 aliphatic heterocycles. The van der Waals surface area contributed by atoms with Crippen molar-refractivity contribution in [1.29, 1.82) is 0 Å². The highest BCUT2D eigenvalue weighted by Crippen LogP contribution is 2.59. The third-order valence-corrected chi connectivity index (χ3v) is 4.32. The van der Waals surface area contributed by atoms with Crippen molar-refractivity contribution in [2.45, 2.75) is 30.9 Å². The zero-order valence-electron chi connectivity index (χ0n) is 10.2. The Hall–Kier alpha value is -1.92. The second kappa shape index (κ2) is 4.04. The number of nitro groups is 1. The average molecular weight is 285 g/mol. The van der Waals surface area contributed by atoms with Crippen molar-refractivity contribution < 1.29 is 22.9 Å². The highest BCUT2D eigenvalue weighted by Gasteiger charge is 2.56. The first-order chi connectivity index (χ1) is 9.30. The van der Waals surface area contributed by atoms with E-state index >= 15 is 0 Å². The molecule has 0 amide bonds. The van der Waals surface area contributed by atoms with Crippen molar-refractivity contribution in [3.05, 3.63) is 39.4 Å². The van der Waals surface area contributed by atoms with Crippen LogP contribution in [0.2, 0.25) is 0 Å². The number of halogens is 3. The Labute approximate surface area is 111 Å². The lowest BCUT2D eigenvalue weighted by molar-refractivity contribution is -0.384. The molecule has 4 nitrogen and oxygen atoms in total. The zero-order valence-corrected chi connectivity index (χ0v) is 10.2. The molecule has 2 bridgehead atoms. The summed E-state index contributed by atoms with van der Waals surface area (Å²) >= 11 is 0. The molecule has 0 N–H and O–H groups in total. The second-order valence-electron chi connectivity index (χ2n) is 5.25. The number of carbonyl (C=O) groups excluding carboxylic acids is 1. The fourth-order valence-electron chi connectivity index (χ4n) is 3.59. The molecule has 0 heterocycles. The van der Waals surface area contributed by atoms with Crippen molar-refractivity contribution in [2.75, 3.05) is 0 Å². The maximum atomic E-state index is 12.6. The summed E-state index contributed by atoms with van der Waals surface area (Å²) in [5, 5.41) is 10.7. The number of nitro benzene ring substituents is 1. The van der Waals surface area contributed by atoms with Gasteiger partial charge in [-0.2, -0.15) is 13.2 Å². The van der Waals surface area contributed by atoms with Gasteiger partial charge in [0.15, 0.2) is 0 Å². The molecule has 20 heavy (non-hydrogen) atoms. The predicted octanol–water partition coefficient (Wildman–Crippen LogP) is 3.32. The Morgan fingerprint density at radius 2 is 1.80 bits per heavy atom. The van der Waals surface area contributed by atoms with Gasteiger partial charge in [0.2, 0.25) is 5.78 Å². The van der Waals surface area contributed by atoms with Gasteiger partial charge in [-0.1, -0.05) is 6.07 Å². The number of Topliss-reactive ketones (excluding diaryl/α,β-unsaturated/α-hetero) is 1. The van der Waals surface area contributed by atoms with E-state index in [2.05, 4.69) is 0 Å². The van der Waals surface area contributed by atoms with Crippen molar-refractivity contribution >= 4 is 11.5 Å². The number of carbonyl (C=O) groups is 1. The Morgan fingerprint density at radius 3 is 2.35 bits per heavy atom. The Balaban J connectivity index is 2.02. The van der Waals surface area contributed by atoms with E-state index < -0.39 is 34.6 Å². The molecule has 3 rings (SSSR count). The van der Waals surface area contributed by atoms with Crippen molar-refractivity contribution in [2.24, 2.45) is 5.92 Å². The van der Waals surface area contributed by atoms with Gasteiger partial charge in [0, 0.05) is 18.1 Å². The van der Waals surface area contributed by atoms with Crippen LogP contribution in [-0.2, 0) is 4.79 Å². The largest absolute Gasteiger partial charge is 0.450 e. The summed E-state index contributed by atoms with van der Waals surface area (Å²) in [6.45, 7) is 0. The molecular weight excluding hydrogens is 275 g/mol. The van der Waals surface area contributed by atoms with Crippen LogP contribution >= 0.6 is 0 Å². The minimum atomic E-state index is -4.85. The molecule has 0 saturated heterocycles. The van der Waals surface area contributed by atoms with Gasteiger partial charge in [-0.3, -0.25) is 14.9 Å². The highest BCUT2D eigenvalue weighted by molar-refractivity contribution is 5.89. The molecule has 2 aliphatic rings. The molecule has 0 unspecified atom stereocenters. The van der Waals surface area contributed by atoms with Gasteiger partial charge in [0.05, 0.1) is 4.92 Å².